The minimum Gasteiger partial charge on any atom is -0.396 e. The molecule has 0 aliphatic carbocycles. The monoisotopic (exact) mass is 295 g/mol. The summed E-state index contributed by atoms with van der Waals surface area (Å²) < 4.78 is 1.61. The minimum absolute atomic E-state index is 0.0328. The number of nitrogens with two attached hydrogens (primary N) is 1. The van der Waals surface area contributed by atoms with Gasteiger partial charge >= 0.3 is 0 Å². The normalized spacial score (nSPS) is 10.4. The molecule has 118 valence electrons. The Labute approximate surface area is 125 Å². The molecular weight excluding hydrogens is 270 g/mol. The van der Waals surface area contributed by atoms with Crippen molar-refractivity contribution in [2.45, 2.75) is 40.2 Å². The molecule has 1 rings (SSSR count). The second-order valence-electron chi connectivity index (χ2n) is 4.87. The number of rotatable bonds is 8. The maximum atomic E-state index is 12.5. The fraction of sp³-hybridized carbons (Fsp3) is 0.643. The number of nitrogens with one attached hydrogen (secondary N) is 1. The highest BCUT2D eigenvalue weighted by Crippen LogP contribution is 2.12. The standard InChI is InChI=1S/C14H25N5O2/c1-4-7-16-12(20)10-18(8-5-2)14(21)13-11(15)9-19(6-3)17-13/h9H,4-8,10,15H2,1-3H3,(H,16,20). The molecule has 0 aliphatic rings. The molecule has 2 amide bonds. The minimum atomic E-state index is -0.298. The lowest BCUT2D eigenvalue weighted by Crippen LogP contribution is -2.41. The Morgan fingerprint density at radius 2 is 2.05 bits per heavy atom. The van der Waals surface area contributed by atoms with Crippen molar-refractivity contribution in [1.82, 2.24) is 20.0 Å². The highest BCUT2D eigenvalue weighted by atomic mass is 16.2. The van der Waals surface area contributed by atoms with Gasteiger partial charge in [0.2, 0.25) is 5.91 Å². The molecule has 7 nitrogen and oxygen atoms in total. The van der Waals surface area contributed by atoms with E-state index in [9.17, 15) is 9.59 Å². The van der Waals surface area contributed by atoms with Crippen LogP contribution in [0.5, 0.6) is 0 Å². The number of carbonyl (C=O) groups excluding carboxylic acids is 2. The lowest BCUT2D eigenvalue weighted by Gasteiger charge is -2.20. The van der Waals surface area contributed by atoms with E-state index in [4.69, 9.17) is 5.73 Å². The maximum absolute atomic E-state index is 12.5. The molecule has 1 heterocycles. The van der Waals surface area contributed by atoms with E-state index in [2.05, 4.69) is 10.4 Å². The van der Waals surface area contributed by atoms with Crippen LogP contribution in [0.25, 0.3) is 0 Å². The summed E-state index contributed by atoms with van der Waals surface area (Å²) in [4.78, 5) is 25.8. The van der Waals surface area contributed by atoms with Gasteiger partial charge in [0, 0.05) is 25.8 Å². The smallest absolute Gasteiger partial charge is 0.276 e. The number of anilines is 1. The largest absolute Gasteiger partial charge is 0.396 e. The summed E-state index contributed by atoms with van der Waals surface area (Å²) in [6.45, 7) is 7.64. The molecule has 0 fully saturated rings. The van der Waals surface area contributed by atoms with Gasteiger partial charge in [0.25, 0.3) is 5.91 Å². The molecule has 1 aromatic heterocycles. The number of nitrogens with zero attached hydrogens (tertiary/aromatic N) is 3. The van der Waals surface area contributed by atoms with Crippen molar-refractivity contribution >= 4 is 17.5 Å². The average Bonchev–Trinajstić information content (AvgIpc) is 2.85. The topological polar surface area (TPSA) is 93.2 Å². The van der Waals surface area contributed by atoms with E-state index in [0.29, 0.717) is 25.3 Å². The first-order chi connectivity index (χ1) is 10.0. The first-order valence-corrected chi connectivity index (χ1v) is 7.42. The maximum Gasteiger partial charge on any atom is 0.276 e. The van der Waals surface area contributed by atoms with Crippen molar-refractivity contribution in [3.8, 4) is 0 Å². The van der Waals surface area contributed by atoms with Gasteiger partial charge in [-0.2, -0.15) is 5.10 Å². The Morgan fingerprint density at radius 3 is 2.57 bits per heavy atom. The second-order valence-corrected chi connectivity index (χ2v) is 4.87. The number of amides is 2. The van der Waals surface area contributed by atoms with Gasteiger partial charge in [-0.25, -0.2) is 0 Å². The van der Waals surface area contributed by atoms with Crippen molar-refractivity contribution in [2.24, 2.45) is 0 Å². The predicted molar refractivity (Wildman–Crippen MR) is 81.8 cm³/mol. The van der Waals surface area contributed by atoms with Crippen LogP contribution in [0.4, 0.5) is 5.69 Å². The number of nitrogen functional groups attached to an aromatic ring is 1. The number of hydrogen-bond acceptors (Lipinski definition) is 4. The number of hydrogen-bond donors (Lipinski definition) is 2. The summed E-state index contributed by atoms with van der Waals surface area (Å²) in [6, 6.07) is 0. The van der Waals surface area contributed by atoms with Gasteiger partial charge < -0.3 is 16.0 Å². The number of aromatic nitrogens is 2. The third-order valence-corrected chi connectivity index (χ3v) is 3.00. The van der Waals surface area contributed by atoms with Crippen LogP contribution in [0.3, 0.4) is 0 Å². The molecule has 0 spiro atoms. The molecule has 0 atom stereocenters. The van der Waals surface area contributed by atoms with Gasteiger partial charge in [0.15, 0.2) is 5.69 Å². The zero-order chi connectivity index (χ0) is 15.8. The van der Waals surface area contributed by atoms with Crippen molar-refractivity contribution in [1.29, 1.82) is 0 Å². The van der Waals surface area contributed by atoms with E-state index in [1.54, 1.807) is 10.9 Å². The Hall–Kier alpha value is -2.05. The van der Waals surface area contributed by atoms with E-state index in [1.807, 2.05) is 20.8 Å². The van der Waals surface area contributed by atoms with Crippen LogP contribution in [0, 0.1) is 0 Å². The SMILES string of the molecule is CCCNC(=O)CN(CCC)C(=O)c1nn(CC)cc1N. The highest BCUT2D eigenvalue weighted by molar-refractivity contribution is 5.98. The molecule has 21 heavy (non-hydrogen) atoms. The van der Waals surface area contributed by atoms with Crippen LogP contribution in [-0.4, -0.2) is 46.1 Å². The highest BCUT2D eigenvalue weighted by Gasteiger charge is 2.22. The van der Waals surface area contributed by atoms with Crippen molar-refractivity contribution in [3.05, 3.63) is 11.9 Å². The van der Waals surface area contributed by atoms with Gasteiger partial charge in [-0.05, 0) is 19.8 Å². The zero-order valence-electron chi connectivity index (χ0n) is 13.1. The molecule has 0 bridgehead atoms. The van der Waals surface area contributed by atoms with E-state index >= 15 is 0 Å². The summed E-state index contributed by atoms with van der Waals surface area (Å²) >= 11 is 0. The van der Waals surface area contributed by atoms with Crippen LogP contribution in [0.1, 0.15) is 44.1 Å². The molecule has 3 N–H and O–H groups in total. The van der Waals surface area contributed by atoms with E-state index < -0.39 is 0 Å². The summed E-state index contributed by atoms with van der Waals surface area (Å²) in [7, 11) is 0. The van der Waals surface area contributed by atoms with Crippen LogP contribution in [-0.2, 0) is 11.3 Å². The van der Waals surface area contributed by atoms with Gasteiger partial charge in [-0.15, -0.1) is 0 Å². The Bertz CT molecular complexity index is 484. The quantitative estimate of drug-likeness (QED) is 0.744. The average molecular weight is 295 g/mol. The molecule has 0 unspecified atom stereocenters. The summed E-state index contributed by atoms with van der Waals surface area (Å²) in [5.74, 6) is -0.458. The van der Waals surface area contributed by atoms with Gasteiger partial charge in [-0.3, -0.25) is 14.3 Å². The third-order valence-electron chi connectivity index (χ3n) is 3.00. The number of carbonyl (C=O) groups is 2. The van der Waals surface area contributed by atoms with Crippen molar-refractivity contribution in [2.75, 3.05) is 25.4 Å². The van der Waals surface area contributed by atoms with E-state index in [-0.39, 0.29) is 24.1 Å². The van der Waals surface area contributed by atoms with Crippen LogP contribution in [0.15, 0.2) is 6.20 Å². The molecule has 0 aromatic carbocycles. The summed E-state index contributed by atoms with van der Waals surface area (Å²) in [6.07, 6.45) is 3.26. The first kappa shape index (κ1) is 17.0. The lowest BCUT2D eigenvalue weighted by molar-refractivity contribution is -0.121. The molecule has 7 heteroatoms. The van der Waals surface area contributed by atoms with Crippen molar-refractivity contribution in [3.63, 3.8) is 0 Å². The second kappa shape index (κ2) is 8.28. The van der Waals surface area contributed by atoms with Crippen LogP contribution in [0.2, 0.25) is 0 Å². The number of aryl methyl sites for hydroxylation is 1. The fourth-order valence-corrected chi connectivity index (χ4v) is 1.93. The van der Waals surface area contributed by atoms with Crippen molar-refractivity contribution < 1.29 is 9.59 Å². The fourth-order valence-electron chi connectivity index (χ4n) is 1.93. The molecule has 0 saturated heterocycles. The van der Waals surface area contributed by atoms with Gasteiger partial charge in [0.1, 0.15) is 0 Å². The van der Waals surface area contributed by atoms with Crippen LogP contribution < -0.4 is 11.1 Å². The van der Waals surface area contributed by atoms with E-state index in [0.717, 1.165) is 12.8 Å². The molecule has 0 aliphatic heterocycles. The lowest BCUT2D eigenvalue weighted by atomic mass is 10.3. The Morgan fingerprint density at radius 1 is 1.33 bits per heavy atom. The summed E-state index contributed by atoms with van der Waals surface area (Å²) in [5.41, 5.74) is 6.39. The Kier molecular flexibility index (Phi) is 6.71. The molecule has 1 aromatic rings. The van der Waals surface area contributed by atoms with E-state index in [1.165, 1.54) is 4.90 Å². The van der Waals surface area contributed by atoms with Gasteiger partial charge in [0.05, 0.1) is 12.2 Å². The van der Waals surface area contributed by atoms with Crippen LogP contribution >= 0.6 is 0 Å². The summed E-state index contributed by atoms with van der Waals surface area (Å²) in [5, 5.41) is 6.94. The molecule has 0 radical (unpaired) electrons. The van der Waals surface area contributed by atoms with Gasteiger partial charge in [-0.1, -0.05) is 13.8 Å². The Balaban J connectivity index is 2.81. The first-order valence-electron chi connectivity index (χ1n) is 7.42. The zero-order valence-corrected chi connectivity index (χ0v) is 13.1. The molecule has 0 saturated carbocycles. The third kappa shape index (κ3) is 4.77. The molecular formula is C14H25N5O2. The predicted octanol–water partition coefficient (Wildman–Crippen LogP) is 0.864.